The number of anilines is 4. The van der Waals surface area contributed by atoms with Crippen LogP contribution in [0.2, 0.25) is 0 Å². The lowest BCUT2D eigenvalue weighted by Crippen LogP contribution is -2.45. The Balaban J connectivity index is 1.78. The van der Waals surface area contributed by atoms with Gasteiger partial charge in [-0.2, -0.15) is 23.1 Å². The van der Waals surface area contributed by atoms with E-state index in [-0.39, 0.29) is 40.4 Å². The average Bonchev–Trinajstić information content (AvgIpc) is 3.33. The fourth-order valence-electron chi connectivity index (χ4n) is 5.39. The van der Waals surface area contributed by atoms with Crippen LogP contribution in [-0.4, -0.2) is 52.3 Å². The van der Waals surface area contributed by atoms with Gasteiger partial charge in [0.15, 0.2) is 11.5 Å². The van der Waals surface area contributed by atoms with Gasteiger partial charge in [-0.1, -0.05) is 32.9 Å². The molecule has 4 aromatic rings. The van der Waals surface area contributed by atoms with Crippen molar-refractivity contribution in [3.05, 3.63) is 58.9 Å². The molecule has 8 nitrogen and oxygen atoms in total. The molecule has 0 aliphatic heterocycles. The molecule has 4 rings (SSSR count). The summed E-state index contributed by atoms with van der Waals surface area (Å²) in [5, 5.41) is 3.37. The molecular weight excluding hydrogens is 579 g/mol. The van der Waals surface area contributed by atoms with E-state index in [1.165, 1.54) is 0 Å². The summed E-state index contributed by atoms with van der Waals surface area (Å²) in [5.41, 5.74) is 4.75. The Kier molecular flexibility index (Phi) is 9.33. The first-order chi connectivity index (χ1) is 20.8. The Morgan fingerprint density at radius 2 is 1.58 bits per heavy atom. The Morgan fingerprint density at radius 1 is 0.889 bits per heavy atom. The van der Waals surface area contributed by atoms with E-state index in [4.69, 9.17) is 9.72 Å². The number of likely N-dealkylation sites (N-methyl/N-ethyl adjacent to an activating group) is 1. The number of alkyl halides is 3. The Morgan fingerprint density at radius 3 is 2.13 bits per heavy atom. The minimum atomic E-state index is -4.65. The highest BCUT2D eigenvalue weighted by Crippen LogP contribution is 2.36. The summed E-state index contributed by atoms with van der Waals surface area (Å²) in [5.74, 6) is 0.383. The number of rotatable bonds is 9. The van der Waals surface area contributed by atoms with E-state index in [2.05, 4.69) is 73.9 Å². The summed E-state index contributed by atoms with van der Waals surface area (Å²) >= 11 is 0. The quantitative estimate of drug-likeness (QED) is 0.201. The van der Waals surface area contributed by atoms with Crippen LogP contribution in [0.5, 0.6) is 5.75 Å². The van der Waals surface area contributed by atoms with Crippen molar-refractivity contribution < 1.29 is 17.9 Å². The molecule has 0 amide bonds. The second-order valence-electron chi connectivity index (χ2n) is 13.5. The van der Waals surface area contributed by atoms with Crippen LogP contribution in [0.1, 0.15) is 71.0 Å². The molecule has 0 saturated heterocycles. The van der Waals surface area contributed by atoms with Crippen molar-refractivity contribution in [2.75, 3.05) is 42.4 Å². The van der Waals surface area contributed by atoms with Gasteiger partial charge in [-0.25, -0.2) is 4.98 Å². The van der Waals surface area contributed by atoms with Gasteiger partial charge in [0.25, 0.3) is 0 Å². The van der Waals surface area contributed by atoms with Gasteiger partial charge in [-0.3, -0.25) is 0 Å². The van der Waals surface area contributed by atoms with Gasteiger partial charge in [-0.05, 0) is 87.9 Å². The lowest BCUT2D eigenvalue weighted by atomic mass is 9.86. The van der Waals surface area contributed by atoms with Crippen LogP contribution in [0.4, 0.5) is 36.3 Å². The molecule has 2 aromatic carbocycles. The van der Waals surface area contributed by atoms with Crippen LogP contribution in [0.3, 0.4) is 0 Å². The molecule has 244 valence electrons. The number of hydrogen-bond donors (Lipinski definition) is 1. The molecule has 0 unspecified atom stereocenters. The molecule has 0 aliphatic carbocycles. The molecule has 0 atom stereocenters. The monoisotopic (exact) mass is 625 g/mol. The van der Waals surface area contributed by atoms with Crippen molar-refractivity contribution in [3.63, 3.8) is 0 Å². The van der Waals surface area contributed by atoms with E-state index in [9.17, 15) is 13.2 Å². The Bertz CT molecular complexity index is 1670. The van der Waals surface area contributed by atoms with Crippen LogP contribution in [0, 0.1) is 13.8 Å². The molecule has 0 spiro atoms. The number of hydrogen-bond acceptors (Lipinski definition) is 7. The maximum Gasteiger partial charge on any atom is 0.449 e. The normalized spacial score (nSPS) is 12.5. The van der Waals surface area contributed by atoms with Crippen LogP contribution in [-0.2, 0) is 18.1 Å². The standard InChI is InChI=1S/C34H46F3N7O/c1-12-43-27-28(38-25-20-23(32(4,5)6)14-13-21(25)2)40-31(41-29(27)39-30(43)34(35,36)37)42(10)17-18-44(33(7,8)9)24-15-16-26(45-11)22(3)19-24/h13-16,19-20H,12,17-18H2,1-11H3,(H,38,40,41). The van der Waals surface area contributed by atoms with Crippen LogP contribution >= 0.6 is 0 Å². The van der Waals surface area contributed by atoms with Crippen molar-refractivity contribution in [3.8, 4) is 5.75 Å². The molecule has 0 saturated carbocycles. The van der Waals surface area contributed by atoms with E-state index < -0.39 is 12.0 Å². The van der Waals surface area contributed by atoms with Crippen LogP contribution in [0.15, 0.2) is 36.4 Å². The summed E-state index contributed by atoms with van der Waals surface area (Å²) in [6.07, 6.45) is -4.65. The number of nitrogens with zero attached hydrogens (tertiary/aromatic N) is 6. The van der Waals surface area contributed by atoms with Crippen molar-refractivity contribution in [1.29, 1.82) is 0 Å². The number of halogens is 3. The van der Waals surface area contributed by atoms with Crippen LogP contribution < -0.4 is 19.9 Å². The van der Waals surface area contributed by atoms with E-state index in [0.717, 1.165) is 38.4 Å². The third-order valence-electron chi connectivity index (χ3n) is 8.02. The topological polar surface area (TPSA) is 71.3 Å². The number of ether oxygens (including phenoxy) is 1. The van der Waals surface area contributed by atoms with Crippen LogP contribution in [0.25, 0.3) is 11.2 Å². The lowest BCUT2D eigenvalue weighted by Gasteiger charge is -2.39. The van der Waals surface area contributed by atoms with E-state index in [1.54, 1.807) is 14.0 Å². The second-order valence-corrected chi connectivity index (χ2v) is 13.5. The summed E-state index contributed by atoms with van der Waals surface area (Å²) < 4.78 is 49.0. The molecule has 0 radical (unpaired) electrons. The maximum atomic E-state index is 14.1. The van der Waals surface area contributed by atoms with Crippen molar-refractivity contribution >= 4 is 34.3 Å². The van der Waals surface area contributed by atoms with Gasteiger partial charge in [0.2, 0.25) is 11.8 Å². The number of methoxy groups -OCH3 is 1. The minimum absolute atomic E-state index is 0.00777. The number of imidazole rings is 1. The molecule has 2 heterocycles. The van der Waals surface area contributed by atoms with Gasteiger partial charge >= 0.3 is 6.18 Å². The highest BCUT2D eigenvalue weighted by molar-refractivity contribution is 5.88. The summed E-state index contributed by atoms with van der Waals surface area (Å²) in [6.45, 7) is 19.6. The molecule has 0 fully saturated rings. The third kappa shape index (κ3) is 7.28. The lowest BCUT2D eigenvalue weighted by molar-refractivity contribution is -0.146. The van der Waals surface area contributed by atoms with E-state index in [1.807, 2.05) is 50.1 Å². The van der Waals surface area contributed by atoms with Gasteiger partial charge < -0.3 is 24.4 Å². The molecule has 0 bridgehead atoms. The van der Waals surface area contributed by atoms with Gasteiger partial charge in [-0.15, -0.1) is 0 Å². The summed E-state index contributed by atoms with van der Waals surface area (Å²) in [7, 11) is 3.50. The SMILES string of the molecule is CCn1c(C(F)(F)F)nc2nc(N(C)CCN(c3ccc(OC)c(C)c3)C(C)(C)C)nc(Nc3cc(C(C)(C)C)ccc3C)c21. The predicted octanol–water partition coefficient (Wildman–Crippen LogP) is 8.27. The highest BCUT2D eigenvalue weighted by atomic mass is 19.4. The third-order valence-corrected chi connectivity index (χ3v) is 8.02. The van der Waals surface area contributed by atoms with Gasteiger partial charge in [0, 0.05) is 43.6 Å². The van der Waals surface area contributed by atoms with Gasteiger partial charge in [0.05, 0.1) is 7.11 Å². The van der Waals surface area contributed by atoms with E-state index in [0.29, 0.717) is 13.1 Å². The molecule has 45 heavy (non-hydrogen) atoms. The smallest absolute Gasteiger partial charge is 0.449 e. The Labute approximate surface area is 264 Å². The van der Waals surface area contributed by atoms with Crippen molar-refractivity contribution in [1.82, 2.24) is 19.5 Å². The predicted molar refractivity (Wildman–Crippen MR) is 177 cm³/mol. The fourth-order valence-corrected chi connectivity index (χ4v) is 5.39. The number of nitrogens with one attached hydrogen (secondary N) is 1. The zero-order valence-corrected chi connectivity index (χ0v) is 28.3. The van der Waals surface area contributed by atoms with E-state index >= 15 is 0 Å². The Hall–Kier alpha value is -4.02. The fraction of sp³-hybridized carbons (Fsp3) is 0.500. The zero-order valence-electron chi connectivity index (χ0n) is 28.3. The first-order valence-corrected chi connectivity index (χ1v) is 15.2. The largest absolute Gasteiger partial charge is 0.496 e. The molecule has 2 aromatic heterocycles. The van der Waals surface area contributed by atoms with Crippen molar-refractivity contribution in [2.45, 2.75) is 86.0 Å². The number of aromatic nitrogens is 4. The number of benzene rings is 2. The number of aryl methyl sites for hydroxylation is 3. The minimum Gasteiger partial charge on any atom is -0.496 e. The summed E-state index contributed by atoms with van der Waals surface area (Å²) in [4.78, 5) is 17.5. The average molecular weight is 626 g/mol. The van der Waals surface area contributed by atoms with Gasteiger partial charge in [0.1, 0.15) is 11.3 Å². The summed E-state index contributed by atoms with van der Waals surface area (Å²) in [6, 6.07) is 12.2. The first-order valence-electron chi connectivity index (χ1n) is 15.2. The zero-order chi connectivity index (χ0) is 33.5. The number of fused-ring (bicyclic) bond motifs is 1. The molecule has 0 aliphatic rings. The molecule has 1 N–H and O–H groups in total. The maximum absolute atomic E-state index is 14.1. The van der Waals surface area contributed by atoms with Crippen molar-refractivity contribution in [2.24, 2.45) is 0 Å². The molecule has 11 heteroatoms. The molecular formula is C34H46F3N7O. The second kappa shape index (κ2) is 12.4. The first kappa shape index (κ1) is 33.9. The highest BCUT2D eigenvalue weighted by Gasteiger charge is 2.38.